The minimum atomic E-state index is -4.15. The van der Waals surface area contributed by atoms with Crippen LogP contribution in [0.3, 0.4) is 0 Å². The Labute approximate surface area is 330 Å². The number of likely N-dealkylation sites (N-methyl/N-ethyl adjacent to an activating group) is 1. The molecule has 5 heterocycles. The average molecular weight is 800 g/mol. The number of halogens is 2. The number of benzene rings is 2. The standard InChI is InChI=1S/C41H55ClFN5O6S/c1-26-10-12-35(43)38(40(50)45(5)17-18-46-22-27(2)54-28(3)23-46)48-16-8-14-41(48)25-47-15-7-6-9-30-19-32(42)21-34(41)33(30)24-53-37-13-11-31(20-36(37)47)39(49)44-55(51,52)29(26)4/h11-13,19-21,26-29,38H,6-10,14-18,22-25H2,1-5H3,(H,44,49)/b35-12-/t26-,27?,28?,29+,38+,41-/m0/s1. The highest BCUT2D eigenvalue weighted by Gasteiger charge is 2.52. The number of morpholine rings is 1. The summed E-state index contributed by atoms with van der Waals surface area (Å²) in [5, 5.41) is -0.445. The molecule has 6 atom stereocenters. The fourth-order valence-corrected chi connectivity index (χ4v) is 10.9. The van der Waals surface area contributed by atoms with E-state index in [1.165, 1.54) is 13.0 Å². The van der Waals surface area contributed by atoms with Gasteiger partial charge in [0.2, 0.25) is 15.9 Å². The summed E-state index contributed by atoms with van der Waals surface area (Å²) in [5.41, 5.74) is 2.97. The zero-order valence-electron chi connectivity index (χ0n) is 32.7. The van der Waals surface area contributed by atoms with Crippen molar-refractivity contribution in [3.8, 4) is 5.75 Å². The number of ether oxygens (including phenoxy) is 2. The molecule has 0 aromatic heterocycles. The molecule has 2 aromatic carbocycles. The van der Waals surface area contributed by atoms with E-state index in [0.717, 1.165) is 49.0 Å². The highest BCUT2D eigenvalue weighted by Crippen LogP contribution is 2.49. The quantitative estimate of drug-likeness (QED) is 0.420. The van der Waals surface area contributed by atoms with E-state index >= 15 is 4.39 Å². The third-order valence-electron chi connectivity index (χ3n) is 12.5. The zero-order valence-corrected chi connectivity index (χ0v) is 34.2. The first kappa shape index (κ1) is 40.0. The van der Waals surface area contributed by atoms with E-state index < -0.39 is 44.5 Å². The summed E-state index contributed by atoms with van der Waals surface area (Å²) < 4.78 is 59.3. The number of fused-ring (bicyclic) bond motifs is 1. The highest BCUT2D eigenvalue weighted by molar-refractivity contribution is 7.90. The van der Waals surface area contributed by atoms with Crippen molar-refractivity contribution in [3.63, 3.8) is 0 Å². The van der Waals surface area contributed by atoms with Crippen molar-refractivity contribution in [1.82, 2.24) is 19.4 Å². The predicted molar refractivity (Wildman–Crippen MR) is 212 cm³/mol. The van der Waals surface area contributed by atoms with E-state index in [-0.39, 0.29) is 36.7 Å². The van der Waals surface area contributed by atoms with E-state index in [0.29, 0.717) is 62.0 Å². The van der Waals surface area contributed by atoms with E-state index in [1.807, 2.05) is 26.0 Å². The summed E-state index contributed by atoms with van der Waals surface area (Å²) in [6.45, 7) is 11.5. The van der Waals surface area contributed by atoms with Crippen LogP contribution in [0, 0.1) is 5.92 Å². The van der Waals surface area contributed by atoms with Crippen LogP contribution in [-0.4, -0.2) is 111 Å². The van der Waals surface area contributed by atoms with Crippen molar-refractivity contribution < 1.29 is 31.9 Å². The number of allylic oxidation sites excluding steroid dienone is 1. The first-order valence-electron chi connectivity index (χ1n) is 19.8. The molecule has 2 fully saturated rings. The van der Waals surface area contributed by atoms with Crippen molar-refractivity contribution in [1.29, 1.82) is 0 Å². The molecule has 0 saturated carbocycles. The van der Waals surface area contributed by atoms with Gasteiger partial charge in [-0.2, -0.15) is 0 Å². The van der Waals surface area contributed by atoms with Gasteiger partial charge in [-0.05, 0) is 112 Å². The van der Waals surface area contributed by atoms with Crippen LogP contribution >= 0.6 is 11.6 Å². The number of rotatable bonds is 4. The Morgan fingerprint density at radius 3 is 2.60 bits per heavy atom. The summed E-state index contributed by atoms with van der Waals surface area (Å²) in [4.78, 5) is 36.8. The Morgan fingerprint density at radius 1 is 1.07 bits per heavy atom. The number of hydrogen-bond donors (Lipinski definition) is 1. The van der Waals surface area contributed by atoms with Crippen LogP contribution in [0.5, 0.6) is 5.75 Å². The molecule has 2 saturated heterocycles. The summed E-state index contributed by atoms with van der Waals surface area (Å²) >= 11 is 6.95. The van der Waals surface area contributed by atoms with E-state index in [4.69, 9.17) is 21.1 Å². The van der Waals surface area contributed by atoms with E-state index in [1.54, 1.807) is 37.1 Å². The molecule has 2 aromatic rings. The van der Waals surface area contributed by atoms with E-state index in [2.05, 4.69) is 19.4 Å². The lowest BCUT2D eigenvalue weighted by Crippen LogP contribution is -2.59. The van der Waals surface area contributed by atoms with Crippen LogP contribution < -0.4 is 14.4 Å². The fraction of sp³-hybridized carbons (Fsp3) is 0.610. The van der Waals surface area contributed by atoms with E-state index in [9.17, 15) is 18.0 Å². The number of amides is 2. The molecule has 7 bridgehead atoms. The molecule has 14 heteroatoms. The third-order valence-corrected chi connectivity index (χ3v) is 14.6. The Morgan fingerprint density at radius 2 is 1.84 bits per heavy atom. The molecule has 1 N–H and O–H groups in total. The normalized spacial score (nSPS) is 31.1. The monoisotopic (exact) mass is 799 g/mol. The second-order valence-electron chi connectivity index (χ2n) is 16.4. The first-order valence-corrected chi connectivity index (χ1v) is 21.7. The SMILES string of the molecule is CC1CN(CCN(C)C(=O)[C@H]2/C(F)=C/C[C@H](C)[C@@H](C)S(=O)(=O)NC(=O)c3ccc4c(c3)N3CCCCc5cc(Cl)cc(c5CO4)[C@]4(CCCN24)C3)CC(C)O1. The van der Waals surface area contributed by atoms with Gasteiger partial charge in [-0.25, -0.2) is 17.5 Å². The number of hydrogen-bond acceptors (Lipinski definition) is 9. The van der Waals surface area contributed by atoms with Crippen molar-refractivity contribution in [2.75, 3.05) is 57.8 Å². The van der Waals surface area contributed by atoms with Gasteiger partial charge in [0.05, 0.1) is 28.7 Å². The first-order chi connectivity index (χ1) is 26.2. The summed E-state index contributed by atoms with van der Waals surface area (Å²) in [5.74, 6) is -1.71. The zero-order chi connectivity index (χ0) is 39.2. The van der Waals surface area contributed by atoms with Crippen LogP contribution in [-0.2, 0) is 38.1 Å². The second kappa shape index (κ2) is 16.0. The van der Waals surface area contributed by atoms with Crippen LogP contribution in [0.2, 0.25) is 5.02 Å². The fourth-order valence-electron chi connectivity index (χ4n) is 9.38. The molecule has 0 radical (unpaired) electrons. The average Bonchev–Trinajstić information content (AvgIpc) is 3.55. The summed E-state index contributed by atoms with van der Waals surface area (Å²) in [6, 6.07) is 7.76. The van der Waals surface area contributed by atoms with Crippen molar-refractivity contribution in [2.24, 2.45) is 5.92 Å². The maximum atomic E-state index is 17.4. The Hall–Kier alpha value is -3.23. The molecule has 5 aliphatic heterocycles. The minimum Gasteiger partial charge on any atom is -0.487 e. The lowest BCUT2D eigenvalue weighted by Gasteiger charge is -2.47. The van der Waals surface area contributed by atoms with Crippen LogP contribution in [0.4, 0.5) is 10.1 Å². The minimum absolute atomic E-state index is 0.0470. The van der Waals surface area contributed by atoms with Gasteiger partial charge in [0.15, 0.2) is 0 Å². The molecule has 11 nitrogen and oxygen atoms in total. The van der Waals surface area contributed by atoms with Crippen LogP contribution in [0.15, 0.2) is 42.2 Å². The largest absolute Gasteiger partial charge is 0.487 e. The van der Waals surface area contributed by atoms with Gasteiger partial charge in [0, 0.05) is 63.4 Å². The maximum Gasteiger partial charge on any atom is 0.264 e. The van der Waals surface area contributed by atoms with Gasteiger partial charge in [0.25, 0.3) is 5.91 Å². The molecule has 55 heavy (non-hydrogen) atoms. The molecule has 0 aliphatic carbocycles. The topological polar surface area (TPSA) is 112 Å². The molecular weight excluding hydrogens is 745 g/mol. The number of carbonyl (C=O) groups is 2. The van der Waals surface area contributed by atoms with Gasteiger partial charge in [-0.1, -0.05) is 24.6 Å². The lowest BCUT2D eigenvalue weighted by molar-refractivity contribution is -0.137. The van der Waals surface area contributed by atoms with Gasteiger partial charge < -0.3 is 19.3 Å². The Bertz CT molecular complexity index is 1940. The van der Waals surface area contributed by atoms with Crippen molar-refractivity contribution >= 4 is 39.1 Å². The molecular formula is C41H55ClFN5O6S. The molecule has 300 valence electrons. The molecule has 7 rings (SSSR count). The number of carbonyl (C=O) groups excluding carboxylic acids is 2. The predicted octanol–water partition coefficient (Wildman–Crippen LogP) is 5.64. The molecule has 1 spiro atoms. The van der Waals surface area contributed by atoms with Crippen LogP contribution in [0.1, 0.15) is 86.8 Å². The summed E-state index contributed by atoms with van der Waals surface area (Å²) in [6.07, 6.45) is 5.40. The molecule has 5 aliphatic rings. The number of nitrogens with one attached hydrogen (secondary N) is 1. The van der Waals surface area contributed by atoms with Crippen molar-refractivity contribution in [3.05, 3.63) is 69.5 Å². The Balaban J connectivity index is 1.39. The van der Waals surface area contributed by atoms with Gasteiger partial charge in [0.1, 0.15) is 24.2 Å². The van der Waals surface area contributed by atoms with Gasteiger partial charge in [-0.3, -0.25) is 19.4 Å². The smallest absolute Gasteiger partial charge is 0.264 e. The highest BCUT2D eigenvalue weighted by atomic mass is 35.5. The molecule has 2 amide bonds. The maximum absolute atomic E-state index is 17.4. The van der Waals surface area contributed by atoms with Crippen LogP contribution in [0.25, 0.3) is 0 Å². The third kappa shape index (κ3) is 8.01. The number of aryl methyl sites for hydroxylation is 1. The van der Waals surface area contributed by atoms with Gasteiger partial charge >= 0.3 is 0 Å². The van der Waals surface area contributed by atoms with Crippen molar-refractivity contribution in [2.45, 2.75) is 102 Å². The summed E-state index contributed by atoms with van der Waals surface area (Å²) in [7, 11) is -2.40. The second-order valence-corrected chi connectivity index (χ2v) is 18.9. The Kier molecular flexibility index (Phi) is 11.6. The number of nitrogens with zero attached hydrogens (tertiary/aromatic N) is 4. The van der Waals surface area contributed by atoms with Gasteiger partial charge in [-0.15, -0.1) is 0 Å². The number of anilines is 1. The number of sulfonamides is 1. The molecule has 2 unspecified atom stereocenters. The lowest BCUT2D eigenvalue weighted by atomic mass is 9.79.